The summed E-state index contributed by atoms with van der Waals surface area (Å²) in [7, 11) is 2.35. The molecule has 33 heavy (non-hydrogen) atoms. The van der Waals surface area contributed by atoms with Crippen LogP contribution in [0.5, 0.6) is 0 Å². The van der Waals surface area contributed by atoms with E-state index in [2.05, 4.69) is 32.7 Å². The predicted molar refractivity (Wildman–Crippen MR) is 153 cm³/mol. The van der Waals surface area contributed by atoms with Gasteiger partial charge in [-0.2, -0.15) is 0 Å². The second kappa shape index (κ2) is 28.2. The summed E-state index contributed by atoms with van der Waals surface area (Å²) in [5.41, 5.74) is 0. The summed E-state index contributed by atoms with van der Waals surface area (Å²) >= 11 is 0. The molecule has 0 rings (SSSR count). The minimum Gasteiger partial charge on any atom is -0.304 e. The van der Waals surface area contributed by atoms with Crippen molar-refractivity contribution in [2.24, 2.45) is 0 Å². The van der Waals surface area contributed by atoms with Crippen molar-refractivity contribution >= 4 is 0 Å². The fraction of sp³-hybridized carbons (Fsp3) is 1.00. The van der Waals surface area contributed by atoms with Gasteiger partial charge in [0.25, 0.3) is 0 Å². The van der Waals surface area contributed by atoms with Crippen molar-refractivity contribution in [3.05, 3.63) is 0 Å². The number of rotatable bonds is 28. The Kier molecular flexibility index (Phi) is 28.2. The van der Waals surface area contributed by atoms with Gasteiger partial charge < -0.3 is 4.90 Å². The smallest absolute Gasteiger partial charge is 0.00638 e. The summed E-state index contributed by atoms with van der Waals surface area (Å²) in [5, 5.41) is 0. The minimum absolute atomic E-state index is 0.769. The maximum absolute atomic E-state index is 2.62. The maximum Gasteiger partial charge on any atom is 0.00638 e. The normalized spacial score (nSPS) is 12.6. The number of hydrogen-bond donors (Lipinski definition) is 0. The van der Waals surface area contributed by atoms with Gasteiger partial charge in [0.2, 0.25) is 0 Å². The van der Waals surface area contributed by atoms with Crippen LogP contribution in [0.1, 0.15) is 188 Å². The molecule has 0 saturated carbocycles. The first-order valence-electron chi connectivity index (χ1n) is 15.9. The molecule has 0 aromatic heterocycles. The van der Waals surface area contributed by atoms with Crippen molar-refractivity contribution < 1.29 is 0 Å². The molecule has 200 valence electrons. The first-order chi connectivity index (χ1) is 16.2. The maximum atomic E-state index is 2.62. The second-order valence-corrected chi connectivity index (χ2v) is 11.3. The van der Waals surface area contributed by atoms with Crippen LogP contribution in [0.15, 0.2) is 0 Å². The minimum atomic E-state index is 0.769. The zero-order valence-corrected chi connectivity index (χ0v) is 24.1. The average molecular weight is 466 g/mol. The van der Waals surface area contributed by atoms with Crippen LogP contribution < -0.4 is 0 Å². The van der Waals surface area contributed by atoms with E-state index in [-0.39, 0.29) is 0 Å². The lowest BCUT2D eigenvalue weighted by Crippen LogP contribution is -2.29. The van der Waals surface area contributed by atoms with Gasteiger partial charge in [-0.25, -0.2) is 0 Å². The monoisotopic (exact) mass is 466 g/mol. The van der Waals surface area contributed by atoms with E-state index in [0.29, 0.717) is 0 Å². The van der Waals surface area contributed by atoms with E-state index in [4.69, 9.17) is 0 Å². The summed E-state index contributed by atoms with van der Waals surface area (Å²) in [4.78, 5) is 2.62. The van der Waals surface area contributed by atoms with Crippen molar-refractivity contribution in [2.45, 2.75) is 194 Å². The lowest BCUT2D eigenvalue weighted by molar-refractivity contribution is 0.236. The molecular weight excluding hydrogens is 398 g/mol. The van der Waals surface area contributed by atoms with Crippen LogP contribution in [-0.2, 0) is 0 Å². The standard InChI is InChI=1S/C32H67N/c1-5-7-9-11-13-15-17-19-20-22-24-26-28-30-32(3)33(4)31-29-27-25-23-21-18-16-14-12-10-8-6-2/h32H,5-31H2,1-4H3. The van der Waals surface area contributed by atoms with Gasteiger partial charge in [0.15, 0.2) is 0 Å². The van der Waals surface area contributed by atoms with E-state index < -0.39 is 0 Å². The Morgan fingerprint density at radius 1 is 0.394 bits per heavy atom. The highest BCUT2D eigenvalue weighted by molar-refractivity contribution is 4.64. The molecule has 0 aliphatic heterocycles. The molecule has 0 heterocycles. The zero-order valence-electron chi connectivity index (χ0n) is 24.1. The first-order valence-corrected chi connectivity index (χ1v) is 15.9. The summed E-state index contributed by atoms with van der Waals surface area (Å²) in [6.45, 7) is 8.36. The first kappa shape index (κ1) is 33.0. The third-order valence-electron chi connectivity index (χ3n) is 7.84. The van der Waals surface area contributed by atoms with Gasteiger partial charge in [-0.1, -0.05) is 168 Å². The van der Waals surface area contributed by atoms with E-state index in [1.807, 2.05) is 0 Å². The molecule has 0 saturated heterocycles. The van der Waals surface area contributed by atoms with E-state index in [9.17, 15) is 0 Å². The van der Waals surface area contributed by atoms with Gasteiger partial charge in [-0.3, -0.25) is 0 Å². The molecule has 0 spiro atoms. The highest BCUT2D eigenvalue weighted by atomic mass is 15.1. The summed E-state index contributed by atoms with van der Waals surface area (Å²) in [6.07, 6.45) is 37.7. The zero-order chi connectivity index (χ0) is 24.2. The number of nitrogens with zero attached hydrogens (tertiary/aromatic N) is 1. The van der Waals surface area contributed by atoms with Gasteiger partial charge in [-0.15, -0.1) is 0 Å². The molecule has 0 aliphatic carbocycles. The molecule has 0 N–H and O–H groups in total. The Morgan fingerprint density at radius 2 is 0.667 bits per heavy atom. The van der Waals surface area contributed by atoms with Gasteiger partial charge in [0.1, 0.15) is 0 Å². The topological polar surface area (TPSA) is 3.24 Å². The van der Waals surface area contributed by atoms with E-state index in [1.165, 1.54) is 173 Å². The third-order valence-corrected chi connectivity index (χ3v) is 7.84. The molecular formula is C32H67N. The molecule has 0 bridgehead atoms. The Hall–Kier alpha value is -0.0400. The van der Waals surface area contributed by atoms with Gasteiger partial charge in [0.05, 0.1) is 0 Å². The average Bonchev–Trinajstić information content (AvgIpc) is 2.82. The van der Waals surface area contributed by atoms with Crippen LogP contribution in [0.25, 0.3) is 0 Å². The van der Waals surface area contributed by atoms with Gasteiger partial charge in [0, 0.05) is 6.04 Å². The molecule has 0 fully saturated rings. The Morgan fingerprint density at radius 3 is 1.00 bits per heavy atom. The molecule has 1 nitrogen and oxygen atoms in total. The number of unbranched alkanes of at least 4 members (excludes halogenated alkanes) is 23. The van der Waals surface area contributed by atoms with Crippen LogP contribution in [-0.4, -0.2) is 24.5 Å². The Labute approximate surface area is 212 Å². The van der Waals surface area contributed by atoms with Crippen molar-refractivity contribution in [1.82, 2.24) is 4.90 Å². The molecule has 0 aromatic rings. The van der Waals surface area contributed by atoms with Gasteiger partial charge in [-0.05, 0) is 33.4 Å². The highest BCUT2D eigenvalue weighted by Crippen LogP contribution is 2.15. The molecule has 1 unspecified atom stereocenters. The molecule has 0 aromatic carbocycles. The van der Waals surface area contributed by atoms with Crippen LogP contribution in [0.4, 0.5) is 0 Å². The number of hydrogen-bond acceptors (Lipinski definition) is 1. The van der Waals surface area contributed by atoms with E-state index in [0.717, 1.165) is 6.04 Å². The largest absolute Gasteiger partial charge is 0.304 e. The van der Waals surface area contributed by atoms with Crippen LogP contribution >= 0.6 is 0 Å². The Balaban J connectivity index is 3.28. The molecule has 0 aliphatic rings. The SMILES string of the molecule is CCCCCCCCCCCCCCCC(C)N(C)CCCCCCCCCCCCCC. The summed E-state index contributed by atoms with van der Waals surface area (Å²) < 4.78 is 0. The second-order valence-electron chi connectivity index (χ2n) is 11.3. The van der Waals surface area contributed by atoms with Crippen molar-refractivity contribution in [1.29, 1.82) is 0 Å². The Bertz CT molecular complexity index is 339. The summed E-state index contributed by atoms with van der Waals surface area (Å²) in [5.74, 6) is 0. The van der Waals surface area contributed by atoms with Crippen molar-refractivity contribution in [3.8, 4) is 0 Å². The van der Waals surface area contributed by atoms with Crippen LogP contribution in [0.2, 0.25) is 0 Å². The van der Waals surface area contributed by atoms with Gasteiger partial charge >= 0.3 is 0 Å². The third kappa shape index (κ3) is 26.4. The molecule has 0 amide bonds. The highest BCUT2D eigenvalue weighted by Gasteiger charge is 2.08. The van der Waals surface area contributed by atoms with Crippen LogP contribution in [0, 0.1) is 0 Å². The fourth-order valence-electron chi connectivity index (χ4n) is 5.10. The molecule has 1 atom stereocenters. The van der Waals surface area contributed by atoms with E-state index >= 15 is 0 Å². The predicted octanol–water partition coefficient (Wildman–Crippen LogP) is 11.5. The summed E-state index contributed by atoms with van der Waals surface area (Å²) in [6, 6.07) is 0.769. The lowest BCUT2D eigenvalue weighted by atomic mass is 10.0. The van der Waals surface area contributed by atoms with E-state index in [1.54, 1.807) is 0 Å². The van der Waals surface area contributed by atoms with Crippen molar-refractivity contribution in [3.63, 3.8) is 0 Å². The lowest BCUT2D eigenvalue weighted by Gasteiger charge is -2.24. The fourth-order valence-corrected chi connectivity index (χ4v) is 5.10. The molecule has 0 radical (unpaired) electrons. The molecule has 1 heteroatoms. The van der Waals surface area contributed by atoms with Crippen molar-refractivity contribution in [2.75, 3.05) is 13.6 Å². The quantitative estimate of drug-likeness (QED) is 0.104. The van der Waals surface area contributed by atoms with Crippen LogP contribution in [0.3, 0.4) is 0 Å².